The van der Waals surface area contributed by atoms with E-state index in [9.17, 15) is 14.4 Å². The van der Waals surface area contributed by atoms with E-state index in [1.807, 2.05) is 65.0 Å². The molecule has 1 unspecified atom stereocenters. The summed E-state index contributed by atoms with van der Waals surface area (Å²) < 4.78 is 17.2. The highest BCUT2D eigenvalue weighted by Crippen LogP contribution is 2.46. The smallest absolute Gasteiger partial charge is 0.338 e. The minimum absolute atomic E-state index is 0.238. The van der Waals surface area contributed by atoms with E-state index in [1.54, 1.807) is 24.3 Å². The van der Waals surface area contributed by atoms with Gasteiger partial charge in [0, 0.05) is 6.54 Å². The van der Waals surface area contributed by atoms with Crippen molar-refractivity contribution >= 4 is 17.9 Å². The zero-order chi connectivity index (χ0) is 27.1. The highest BCUT2D eigenvalue weighted by Gasteiger charge is 2.62. The maximum atomic E-state index is 13.1. The predicted octanol–water partition coefficient (Wildman–Crippen LogP) is 5.56. The Hall–Kier alpha value is -3.55. The standard InChI is InChI=1S/C29H38N2O6/c1-6-29(7-2)25(33)31(27(34)30-19-11-12-20-35-22-13-9-8-10-14-22)26(29)36-23-17-15-21(16-18-23)24(32)37-28(3,4)5/h8-10,13-18,26H,6-7,11-12,19-20H2,1-5H3,(H,30,34). The van der Waals surface area contributed by atoms with E-state index in [1.165, 1.54) is 0 Å². The van der Waals surface area contributed by atoms with Crippen molar-refractivity contribution in [3.63, 3.8) is 0 Å². The molecule has 1 heterocycles. The number of nitrogens with zero attached hydrogens (tertiary/aromatic N) is 1. The van der Waals surface area contributed by atoms with Gasteiger partial charge in [-0.1, -0.05) is 32.0 Å². The molecule has 8 nitrogen and oxygen atoms in total. The number of rotatable bonds is 11. The molecule has 0 radical (unpaired) electrons. The second-order valence-electron chi connectivity index (χ2n) is 10.1. The molecule has 0 bridgehead atoms. The summed E-state index contributed by atoms with van der Waals surface area (Å²) in [5, 5.41) is 2.83. The average Bonchev–Trinajstić information content (AvgIpc) is 2.87. The van der Waals surface area contributed by atoms with Crippen LogP contribution in [-0.4, -0.2) is 47.8 Å². The molecule has 2 aromatic rings. The Morgan fingerprint density at radius 2 is 1.59 bits per heavy atom. The molecule has 1 saturated heterocycles. The fourth-order valence-corrected chi connectivity index (χ4v) is 4.25. The Kier molecular flexibility index (Phi) is 9.18. The molecule has 0 aromatic heterocycles. The van der Waals surface area contributed by atoms with Gasteiger partial charge in [-0.15, -0.1) is 0 Å². The normalized spacial score (nSPS) is 16.5. The Labute approximate surface area is 219 Å². The Morgan fingerprint density at radius 1 is 0.946 bits per heavy atom. The number of para-hydroxylation sites is 1. The number of likely N-dealkylation sites (tertiary alicyclic amines) is 1. The Balaban J connectivity index is 1.56. The average molecular weight is 511 g/mol. The number of urea groups is 1. The third-order valence-corrected chi connectivity index (χ3v) is 6.43. The number of nitrogens with one attached hydrogen (secondary N) is 1. The highest BCUT2D eigenvalue weighted by atomic mass is 16.6. The van der Waals surface area contributed by atoms with E-state index >= 15 is 0 Å². The fourth-order valence-electron chi connectivity index (χ4n) is 4.25. The van der Waals surface area contributed by atoms with Gasteiger partial charge in [0.2, 0.25) is 5.91 Å². The lowest BCUT2D eigenvalue weighted by atomic mass is 9.72. The van der Waals surface area contributed by atoms with Gasteiger partial charge in [-0.3, -0.25) is 4.79 Å². The number of carbonyl (C=O) groups excluding carboxylic acids is 3. The summed E-state index contributed by atoms with van der Waals surface area (Å²) in [6.45, 7) is 10.2. The summed E-state index contributed by atoms with van der Waals surface area (Å²) in [4.78, 5) is 39.4. The molecule has 0 saturated carbocycles. The minimum Gasteiger partial charge on any atom is -0.494 e. The highest BCUT2D eigenvalue weighted by molar-refractivity contribution is 6.03. The number of carbonyl (C=O) groups is 3. The van der Waals surface area contributed by atoms with Crippen LogP contribution in [0, 0.1) is 5.41 Å². The van der Waals surface area contributed by atoms with Gasteiger partial charge in [-0.25, -0.2) is 14.5 Å². The van der Waals surface area contributed by atoms with Crippen molar-refractivity contribution in [2.45, 2.75) is 72.1 Å². The van der Waals surface area contributed by atoms with Crippen LogP contribution in [0.25, 0.3) is 0 Å². The van der Waals surface area contributed by atoms with Crippen molar-refractivity contribution in [2.24, 2.45) is 5.41 Å². The molecule has 37 heavy (non-hydrogen) atoms. The zero-order valence-corrected chi connectivity index (χ0v) is 22.4. The van der Waals surface area contributed by atoms with Gasteiger partial charge in [0.1, 0.15) is 22.5 Å². The fraction of sp³-hybridized carbons (Fsp3) is 0.483. The number of amides is 3. The summed E-state index contributed by atoms with van der Waals surface area (Å²) in [5.41, 5.74) is -0.969. The van der Waals surface area contributed by atoms with E-state index in [0.717, 1.165) is 17.1 Å². The first-order chi connectivity index (χ1) is 17.6. The lowest BCUT2D eigenvalue weighted by Crippen LogP contribution is -2.73. The molecular weight excluding hydrogens is 472 g/mol. The maximum absolute atomic E-state index is 13.1. The van der Waals surface area contributed by atoms with Gasteiger partial charge >= 0.3 is 12.0 Å². The molecule has 3 rings (SSSR count). The maximum Gasteiger partial charge on any atom is 0.338 e. The first kappa shape index (κ1) is 28.0. The summed E-state index contributed by atoms with van der Waals surface area (Å²) >= 11 is 0. The molecule has 1 N–H and O–H groups in total. The van der Waals surface area contributed by atoms with E-state index in [0.29, 0.717) is 43.7 Å². The SMILES string of the molecule is CCC1(CC)C(=O)N(C(=O)NCCCCOc2ccccc2)C1Oc1ccc(C(=O)OC(C)(C)C)cc1. The van der Waals surface area contributed by atoms with Gasteiger partial charge in [0.05, 0.1) is 12.2 Å². The van der Waals surface area contributed by atoms with E-state index in [2.05, 4.69) is 5.32 Å². The van der Waals surface area contributed by atoms with Crippen LogP contribution in [0.3, 0.4) is 0 Å². The number of ether oxygens (including phenoxy) is 3. The number of unbranched alkanes of at least 4 members (excludes halogenated alkanes) is 1. The van der Waals surface area contributed by atoms with Gasteiger partial charge in [-0.05, 0) is 82.9 Å². The van der Waals surface area contributed by atoms with Crippen LogP contribution in [0.5, 0.6) is 11.5 Å². The van der Waals surface area contributed by atoms with E-state index in [-0.39, 0.29) is 5.91 Å². The number of esters is 1. The van der Waals surface area contributed by atoms with Gasteiger partial charge in [-0.2, -0.15) is 0 Å². The zero-order valence-electron chi connectivity index (χ0n) is 22.4. The largest absolute Gasteiger partial charge is 0.494 e. The monoisotopic (exact) mass is 510 g/mol. The van der Waals surface area contributed by atoms with Crippen molar-refractivity contribution < 1.29 is 28.6 Å². The molecule has 1 atom stereocenters. The first-order valence-corrected chi connectivity index (χ1v) is 12.9. The van der Waals surface area contributed by atoms with Crippen LogP contribution < -0.4 is 14.8 Å². The second kappa shape index (κ2) is 12.1. The number of hydrogen-bond donors (Lipinski definition) is 1. The molecule has 3 amide bonds. The second-order valence-corrected chi connectivity index (χ2v) is 10.1. The molecule has 1 fully saturated rings. The molecule has 0 spiro atoms. The van der Waals surface area contributed by atoms with Crippen LogP contribution in [-0.2, 0) is 9.53 Å². The number of hydrogen-bond acceptors (Lipinski definition) is 6. The van der Waals surface area contributed by atoms with Crippen LogP contribution in [0.4, 0.5) is 4.79 Å². The first-order valence-electron chi connectivity index (χ1n) is 12.9. The quantitative estimate of drug-likeness (QED) is 0.241. The van der Waals surface area contributed by atoms with Gasteiger partial charge < -0.3 is 19.5 Å². The molecule has 200 valence electrons. The van der Waals surface area contributed by atoms with Gasteiger partial charge in [0.15, 0.2) is 6.23 Å². The van der Waals surface area contributed by atoms with E-state index in [4.69, 9.17) is 14.2 Å². The Morgan fingerprint density at radius 3 is 2.19 bits per heavy atom. The molecule has 1 aliphatic heterocycles. The van der Waals surface area contributed by atoms with Gasteiger partial charge in [0.25, 0.3) is 0 Å². The van der Waals surface area contributed by atoms with Crippen LogP contribution in [0.15, 0.2) is 54.6 Å². The molecule has 8 heteroatoms. The predicted molar refractivity (Wildman–Crippen MR) is 140 cm³/mol. The topological polar surface area (TPSA) is 94.2 Å². The van der Waals surface area contributed by atoms with Crippen molar-refractivity contribution in [1.82, 2.24) is 10.2 Å². The Bertz CT molecular complexity index is 1060. The minimum atomic E-state index is -0.773. The lowest BCUT2D eigenvalue weighted by Gasteiger charge is -2.53. The molecular formula is C29H38N2O6. The van der Waals surface area contributed by atoms with Crippen molar-refractivity contribution in [3.8, 4) is 11.5 Å². The molecule has 2 aromatic carbocycles. The summed E-state index contributed by atoms with van der Waals surface area (Å²) in [5.74, 6) is 0.613. The number of imide groups is 1. The van der Waals surface area contributed by atoms with Crippen molar-refractivity contribution in [1.29, 1.82) is 0 Å². The number of β-lactam (4-membered cyclic amide) rings is 1. The summed E-state index contributed by atoms with van der Waals surface area (Å²) in [7, 11) is 0. The summed E-state index contributed by atoms with van der Waals surface area (Å²) in [6, 6.07) is 15.6. The van der Waals surface area contributed by atoms with Crippen LogP contribution >= 0.6 is 0 Å². The van der Waals surface area contributed by atoms with E-state index < -0.39 is 29.2 Å². The van der Waals surface area contributed by atoms with Crippen molar-refractivity contribution in [3.05, 3.63) is 60.2 Å². The molecule has 1 aliphatic rings. The van der Waals surface area contributed by atoms with Crippen LogP contribution in [0.1, 0.15) is 70.7 Å². The number of benzene rings is 2. The summed E-state index contributed by atoms with van der Waals surface area (Å²) in [6.07, 6.45) is 1.84. The van der Waals surface area contributed by atoms with Crippen molar-refractivity contribution in [2.75, 3.05) is 13.2 Å². The lowest BCUT2D eigenvalue weighted by molar-refractivity contribution is -0.190. The van der Waals surface area contributed by atoms with Crippen LogP contribution in [0.2, 0.25) is 0 Å². The molecule has 0 aliphatic carbocycles. The third-order valence-electron chi connectivity index (χ3n) is 6.43. The third kappa shape index (κ3) is 6.81.